The van der Waals surface area contributed by atoms with Gasteiger partial charge in [-0.1, -0.05) is 13.3 Å². The fourth-order valence-electron chi connectivity index (χ4n) is 2.98. The van der Waals surface area contributed by atoms with E-state index in [-0.39, 0.29) is 12.2 Å². The van der Waals surface area contributed by atoms with Crippen molar-refractivity contribution in [2.24, 2.45) is 10.8 Å². The molecule has 0 aromatic heterocycles. The average Bonchev–Trinajstić information content (AvgIpc) is 2.52. The molecule has 1 fully saturated rings. The number of barbiturate groups is 1. The summed E-state index contributed by atoms with van der Waals surface area (Å²) in [5.41, 5.74) is 2.83. The molecule has 0 bridgehead atoms. The predicted octanol–water partition coefficient (Wildman–Crippen LogP) is 1.35. The molecule has 8 heteroatoms. The van der Waals surface area contributed by atoms with Crippen molar-refractivity contribution in [1.82, 2.24) is 10.6 Å². The zero-order valence-corrected chi connectivity index (χ0v) is 14.3. The number of imide groups is 2. The highest BCUT2D eigenvalue weighted by Crippen LogP contribution is 2.45. The number of ether oxygens (including phenoxy) is 1. The van der Waals surface area contributed by atoms with Crippen LogP contribution in [0, 0.1) is 10.8 Å². The van der Waals surface area contributed by atoms with Gasteiger partial charge in [0.2, 0.25) is 11.8 Å². The number of nitrogens with two attached hydrogens (primary N) is 1. The lowest BCUT2D eigenvalue weighted by Gasteiger charge is -2.43. The topological polar surface area (TPSA) is 128 Å². The molecule has 2 rings (SSSR count). The number of nitrogens with one attached hydrogen (secondary N) is 2. The Labute approximate surface area is 145 Å². The number of hydrogen-bond donors (Lipinski definition) is 3. The number of nitrogen functional groups attached to an aromatic ring is 1. The van der Waals surface area contributed by atoms with Crippen LogP contribution < -0.4 is 21.1 Å². The lowest BCUT2D eigenvalue weighted by Crippen LogP contribution is -2.68. The molecule has 0 spiro atoms. The zero-order valence-electron chi connectivity index (χ0n) is 14.3. The van der Waals surface area contributed by atoms with Crippen LogP contribution in [0.5, 0.6) is 5.75 Å². The van der Waals surface area contributed by atoms with E-state index < -0.39 is 34.6 Å². The maximum Gasteiger partial charge on any atom is 0.328 e. The molecule has 1 aromatic rings. The highest BCUT2D eigenvalue weighted by molar-refractivity contribution is 6.21. The molecule has 4 N–H and O–H groups in total. The van der Waals surface area contributed by atoms with Gasteiger partial charge in [-0.3, -0.25) is 25.0 Å². The standard InChI is InChI=1S/C17H21N3O5/c1-4-9-17(12(21)19-15(24)20-13(17)22)16(2,3)14(23)25-11-7-5-10(18)6-8-11/h5-8H,4,9,18H2,1-3H3,(H2,19,20,21,22,24). The number of esters is 1. The van der Waals surface area contributed by atoms with Gasteiger partial charge in [0.15, 0.2) is 0 Å². The van der Waals surface area contributed by atoms with Crippen molar-refractivity contribution in [2.45, 2.75) is 33.6 Å². The van der Waals surface area contributed by atoms with Gasteiger partial charge in [-0.25, -0.2) is 4.79 Å². The molecule has 0 unspecified atom stereocenters. The molecule has 8 nitrogen and oxygen atoms in total. The Morgan fingerprint density at radius 2 is 1.64 bits per heavy atom. The van der Waals surface area contributed by atoms with E-state index in [1.165, 1.54) is 26.0 Å². The second-order valence-corrected chi connectivity index (χ2v) is 6.48. The molecule has 0 radical (unpaired) electrons. The minimum Gasteiger partial charge on any atom is -0.426 e. The first kappa shape index (κ1) is 18.4. The predicted molar refractivity (Wildman–Crippen MR) is 89.3 cm³/mol. The van der Waals surface area contributed by atoms with E-state index in [0.29, 0.717) is 12.1 Å². The molecule has 1 aliphatic rings. The van der Waals surface area contributed by atoms with Gasteiger partial charge < -0.3 is 10.5 Å². The zero-order chi connectivity index (χ0) is 18.8. The van der Waals surface area contributed by atoms with E-state index in [2.05, 4.69) is 10.6 Å². The van der Waals surface area contributed by atoms with Gasteiger partial charge in [0.05, 0.1) is 5.41 Å². The van der Waals surface area contributed by atoms with Gasteiger partial charge >= 0.3 is 12.0 Å². The highest BCUT2D eigenvalue weighted by Gasteiger charge is 2.63. The smallest absolute Gasteiger partial charge is 0.328 e. The Balaban J connectivity index is 2.39. The maximum absolute atomic E-state index is 12.8. The summed E-state index contributed by atoms with van der Waals surface area (Å²) in [6, 6.07) is 5.26. The minimum atomic E-state index is -1.75. The van der Waals surface area contributed by atoms with Crippen LogP contribution >= 0.6 is 0 Å². The van der Waals surface area contributed by atoms with Crippen molar-refractivity contribution in [3.05, 3.63) is 24.3 Å². The Bertz CT molecular complexity index is 704. The third-order valence-corrected chi connectivity index (χ3v) is 4.52. The highest BCUT2D eigenvalue weighted by atomic mass is 16.5. The van der Waals surface area contributed by atoms with Crippen LogP contribution in [0.1, 0.15) is 33.6 Å². The summed E-state index contributed by atoms with van der Waals surface area (Å²) in [5.74, 6) is -2.12. The maximum atomic E-state index is 12.8. The monoisotopic (exact) mass is 347 g/mol. The lowest BCUT2D eigenvalue weighted by molar-refractivity contribution is -0.168. The largest absolute Gasteiger partial charge is 0.426 e. The first-order valence-corrected chi connectivity index (χ1v) is 7.90. The van der Waals surface area contributed by atoms with Crippen LogP contribution in [-0.2, 0) is 14.4 Å². The number of anilines is 1. The third-order valence-electron chi connectivity index (χ3n) is 4.52. The fourth-order valence-corrected chi connectivity index (χ4v) is 2.98. The molecule has 0 atom stereocenters. The van der Waals surface area contributed by atoms with Crippen LogP contribution in [0.4, 0.5) is 10.5 Å². The third kappa shape index (κ3) is 3.07. The number of carbonyl (C=O) groups excluding carboxylic acids is 4. The number of carbonyl (C=O) groups is 4. The second kappa shape index (κ2) is 6.54. The van der Waals surface area contributed by atoms with E-state index in [1.54, 1.807) is 19.1 Å². The van der Waals surface area contributed by atoms with Crippen LogP contribution in [0.3, 0.4) is 0 Å². The summed E-state index contributed by atoms with van der Waals surface area (Å²) in [6.07, 6.45) is 0.537. The summed E-state index contributed by atoms with van der Waals surface area (Å²) < 4.78 is 5.34. The minimum absolute atomic E-state index is 0.0851. The summed E-state index contributed by atoms with van der Waals surface area (Å²) in [7, 11) is 0. The number of urea groups is 1. The normalized spacial score (nSPS) is 16.8. The molecule has 1 aromatic carbocycles. The van der Waals surface area contributed by atoms with E-state index in [1.807, 2.05) is 0 Å². The van der Waals surface area contributed by atoms with Crippen LogP contribution in [0.2, 0.25) is 0 Å². The fraction of sp³-hybridized carbons (Fsp3) is 0.412. The summed E-state index contributed by atoms with van der Waals surface area (Å²) in [5, 5.41) is 4.17. The Morgan fingerprint density at radius 3 is 2.12 bits per heavy atom. The van der Waals surface area contributed by atoms with Gasteiger partial charge in [0.1, 0.15) is 11.2 Å². The summed E-state index contributed by atoms with van der Waals surface area (Å²) >= 11 is 0. The van der Waals surface area contributed by atoms with Crippen LogP contribution in [0.15, 0.2) is 24.3 Å². The molecular formula is C17H21N3O5. The van der Waals surface area contributed by atoms with Crippen molar-refractivity contribution in [3.8, 4) is 5.75 Å². The molecule has 25 heavy (non-hydrogen) atoms. The first-order valence-electron chi connectivity index (χ1n) is 7.90. The molecular weight excluding hydrogens is 326 g/mol. The number of hydrogen-bond acceptors (Lipinski definition) is 6. The number of amides is 4. The number of benzene rings is 1. The van der Waals surface area contributed by atoms with Gasteiger partial charge in [0.25, 0.3) is 0 Å². The van der Waals surface area contributed by atoms with E-state index in [4.69, 9.17) is 10.5 Å². The van der Waals surface area contributed by atoms with E-state index >= 15 is 0 Å². The molecule has 1 saturated heterocycles. The van der Waals surface area contributed by atoms with Crippen molar-refractivity contribution in [3.63, 3.8) is 0 Å². The van der Waals surface area contributed by atoms with Crippen molar-refractivity contribution in [1.29, 1.82) is 0 Å². The SMILES string of the molecule is CCCC1(C(C)(C)C(=O)Oc2ccc(N)cc2)C(=O)NC(=O)NC1=O. The average molecular weight is 347 g/mol. The molecule has 4 amide bonds. The molecule has 1 aliphatic heterocycles. The first-order chi connectivity index (χ1) is 11.6. The van der Waals surface area contributed by atoms with Gasteiger partial charge in [0, 0.05) is 5.69 Å². The van der Waals surface area contributed by atoms with E-state index in [9.17, 15) is 19.2 Å². The Morgan fingerprint density at radius 1 is 1.12 bits per heavy atom. The van der Waals surface area contributed by atoms with Gasteiger partial charge in [-0.05, 0) is 44.5 Å². The number of rotatable bonds is 5. The van der Waals surface area contributed by atoms with Crippen molar-refractivity contribution < 1.29 is 23.9 Å². The second-order valence-electron chi connectivity index (χ2n) is 6.48. The molecule has 0 aliphatic carbocycles. The lowest BCUT2D eigenvalue weighted by atomic mass is 9.61. The van der Waals surface area contributed by atoms with Gasteiger partial charge in [-0.2, -0.15) is 0 Å². The quantitative estimate of drug-likeness (QED) is 0.319. The summed E-state index contributed by atoms with van der Waals surface area (Å²) in [4.78, 5) is 49.3. The van der Waals surface area contributed by atoms with Crippen molar-refractivity contribution >= 4 is 29.5 Å². The van der Waals surface area contributed by atoms with Crippen LogP contribution in [0.25, 0.3) is 0 Å². The van der Waals surface area contributed by atoms with Crippen LogP contribution in [-0.4, -0.2) is 23.8 Å². The Kier molecular flexibility index (Phi) is 4.82. The molecule has 134 valence electrons. The van der Waals surface area contributed by atoms with Gasteiger partial charge in [-0.15, -0.1) is 0 Å². The summed E-state index contributed by atoms with van der Waals surface area (Å²) in [6.45, 7) is 4.69. The molecule has 1 heterocycles. The van der Waals surface area contributed by atoms with E-state index in [0.717, 1.165) is 0 Å². The Hall–Kier alpha value is -2.90. The van der Waals surface area contributed by atoms with Crippen molar-refractivity contribution in [2.75, 3.05) is 5.73 Å². The molecule has 0 saturated carbocycles.